The minimum Gasteiger partial charge on any atom is -0.330 e. The molecule has 0 saturated heterocycles. The normalized spacial score (nSPS) is 13.9. The third-order valence-corrected chi connectivity index (χ3v) is 3.28. The highest BCUT2D eigenvalue weighted by atomic mass is 35.5. The van der Waals surface area contributed by atoms with Gasteiger partial charge in [-0.25, -0.2) is 4.39 Å². The van der Waals surface area contributed by atoms with E-state index in [0.29, 0.717) is 12.5 Å². The lowest BCUT2D eigenvalue weighted by Crippen LogP contribution is -2.29. The third kappa shape index (κ3) is 3.46. The molecule has 16 heavy (non-hydrogen) atoms. The van der Waals surface area contributed by atoms with Crippen LogP contribution >= 0.6 is 11.6 Å². The summed E-state index contributed by atoms with van der Waals surface area (Å²) < 4.78 is 13.3. The van der Waals surface area contributed by atoms with Crippen molar-refractivity contribution in [2.45, 2.75) is 27.2 Å². The average molecular weight is 244 g/mol. The molecule has 0 aromatic heterocycles. The summed E-state index contributed by atoms with van der Waals surface area (Å²) in [5.74, 6) is -0.0167. The van der Waals surface area contributed by atoms with Gasteiger partial charge in [0.05, 0.1) is 5.02 Å². The quantitative estimate of drug-likeness (QED) is 0.862. The van der Waals surface area contributed by atoms with Crippen LogP contribution < -0.4 is 5.73 Å². The van der Waals surface area contributed by atoms with Crippen LogP contribution in [-0.2, 0) is 6.42 Å². The van der Waals surface area contributed by atoms with E-state index in [1.54, 1.807) is 6.07 Å². The van der Waals surface area contributed by atoms with Crippen molar-refractivity contribution >= 4 is 11.6 Å². The predicted molar refractivity (Wildman–Crippen MR) is 67.1 cm³/mol. The zero-order chi connectivity index (χ0) is 12.3. The molecule has 1 nitrogen and oxygen atoms in total. The molecule has 0 spiro atoms. The second-order valence-corrected chi connectivity index (χ2v) is 5.66. The number of rotatable bonds is 3. The SMILES string of the molecule is CC(C)(C)C(CN)Cc1ccc(Cl)c(F)c1. The number of hydrogen-bond donors (Lipinski definition) is 1. The fourth-order valence-corrected chi connectivity index (χ4v) is 1.81. The van der Waals surface area contributed by atoms with Crippen LogP contribution in [0, 0.1) is 17.2 Å². The lowest BCUT2D eigenvalue weighted by molar-refractivity contribution is 0.245. The molecule has 0 radical (unpaired) electrons. The van der Waals surface area contributed by atoms with Gasteiger partial charge in [-0.1, -0.05) is 38.4 Å². The first-order valence-corrected chi connectivity index (χ1v) is 5.86. The predicted octanol–water partition coefficient (Wildman–Crippen LogP) is 3.64. The molecule has 1 unspecified atom stereocenters. The molecular formula is C13H19ClFN. The maximum Gasteiger partial charge on any atom is 0.142 e. The lowest BCUT2D eigenvalue weighted by Gasteiger charge is -2.29. The minimum absolute atomic E-state index is 0.130. The summed E-state index contributed by atoms with van der Waals surface area (Å²) in [6.07, 6.45) is 0.786. The van der Waals surface area contributed by atoms with E-state index < -0.39 is 0 Å². The van der Waals surface area contributed by atoms with Crippen molar-refractivity contribution < 1.29 is 4.39 Å². The molecule has 90 valence electrons. The molecule has 1 aromatic carbocycles. The first kappa shape index (κ1) is 13.5. The van der Waals surface area contributed by atoms with Gasteiger partial charge in [0.25, 0.3) is 0 Å². The van der Waals surface area contributed by atoms with Gasteiger partial charge in [-0.15, -0.1) is 0 Å². The average Bonchev–Trinajstić information content (AvgIpc) is 2.18. The summed E-state index contributed by atoms with van der Waals surface area (Å²) in [4.78, 5) is 0. The van der Waals surface area contributed by atoms with Crippen molar-refractivity contribution in [1.82, 2.24) is 0 Å². The summed E-state index contributed by atoms with van der Waals surface area (Å²) in [5, 5.41) is 0.170. The van der Waals surface area contributed by atoms with Crippen LogP contribution in [0.5, 0.6) is 0 Å². The Balaban J connectivity index is 2.83. The van der Waals surface area contributed by atoms with Crippen molar-refractivity contribution in [2.75, 3.05) is 6.54 Å². The first-order chi connectivity index (χ1) is 7.34. The molecule has 0 amide bonds. The van der Waals surface area contributed by atoms with Gasteiger partial charge >= 0.3 is 0 Å². The molecule has 0 saturated carbocycles. The molecule has 1 aromatic rings. The zero-order valence-electron chi connectivity index (χ0n) is 10.1. The van der Waals surface area contributed by atoms with E-state index in [2.05, 4.69) is 20.8 Å². The van der Waals surface area contributed by atoms with E-state index in [0.717, 1.165) is 12.0 Å². The molecule has 0 fully saturated rings. The number of benzene rings is 1. The molecule has 0 aliphatic heterocycles. The van der Waals surface area contributed by atoms with Crippen LogP contribution in [-0.4, -0.2) is 6.54 Å². The van der Waals surface area contributed by atoms with Gasteiger partial charge in [0.1, 0.15) is 5.82 Å². The smallest absolute Gasteiger partial charge is 0.142 e. The molecule has 2 N–H and O–H groups in total. The Morgan fingerprint density at radius 1 is 1.38 bits per heavy atom. The monoisotopic (exact) mass is 243 g/mol. The fourth-order valence-electron chi connectivity index (χ4n) is 1.69. The maximum atomic E-state index is 13.3. The Labute approximate surface area is 102 Å². The standard InChI is InChI=1S/C13H19ClFN/c1-13(2,3)10(8-16)6-9-4-5-11(14)12(15)7-9/h4-5,7,10H,6,8,16H2,1-3H3. The van der Waals surface area contributed by atoms with Gasteiger partial charge in [0.15, 0.2) is 0 Å². The Hall–Kier alpha value is -0.600. The van der Waals surface area contributed by atoms with Crippen molar-refractivity contribution in [3.05, 3.63) is 34.6 Å². The van der Waals surface area contributed by atoms with E-state index >= 15 is 0 Å². The molecule has 0 aliphatic rings. The van der Waals surface area contributed by atoms with E-state index in [1.165, 1.54) is 6.07 Å². The fraction of sp³-hybridized carbons (Fsp3) is 0.538. The Morgan fingerprint density at radius 3 is 2.44 bits per heavy atom. The Morgan fingerprint density at radius 2 is 2.00 bits per heavy atom. The molecule has 0 bridgehead atoms. The van der Waals surface area contributed by atoms with E-state index in [1.807, 2.05) is 6.07 Å². The molecule has 1 atom stereocenters. The van der Waals surface area contributed by atoms with Crippen LogP contribution in [0.1, 0.15) is 26.3 Å². The molecule has 3 heteroatoms. The highest BCUT2D eigenvalue weighted by molar-refractivity contribution is 6.30. The second-order valence-electron chi connectivity index (χ2n) is 5.25. The van der Waals surface area contributed by atoms with Gasteiger partial charge in [0.2, 0.25) is 0 Å². The second kappa shape index (κ2) is 5.15. The third-order valence-electron chi connectivity index (χ3n) is 2.98. The topological polar surface area (TPSA) is 26.0 Å². The van der Waals surface area contributed by atoms with Crippen LogP contribution in [0.4, 0.5) is 4.39 Å². The van der Waals surface area contributed by atoms with Crippen molar-refractivity contribution in [3.8, 4) is 0 Å². The maximum absolute atomic E-state index is 13.3. The highest BCUT2D eigenvalue weighted by Gasteiger charge is 2.23. The van der Waals surface area contributed by atoms with Gasteiger partial charge in [-0.3, -0.25) is 0 Å². The van der Waals surface area contributed by atoms with Gasteiger partial charge in [-0.2, -0.15) is 0 Å². The van der Waals surface area contributed by atoms with Gasteiger partial charge in [-0.05, 0) is 42.0 Å². The zero-order valence-corrected chi connectivity index (χ0v) is 10.8. The number of halogens is 2. The van der Waals surface area contributed by atoms with Crippen LogP contribution in [0.25, 0.3) is 0 Å². The minimum atomic E-state index is -0.358. The van der Waals surface area contributed by atoms with Gasteiger partial charge in [0, 0.05) is 0 Å². The largest absolute Gasteiger partial charge is 0.330 e. The van der Waals surface area contributed by atoms with E-state index in [9.17, 15) is 4.39 Å². The number of nitrogens with two attached hydrogens (primary N) is 1. The summed E-state index contributed by atoms with van der Waals surface area (Å²) in [6.45, 7) is 7.05. The van der Waals surface area contributed by atoms with Crippen LogP contribution in [0.3, 0.4) is 0 Å². The van der Waals surface area contributed by atoms with Gasteiger partial charge < -0.3 is 5.73 Å². The van der Waals surface area contributed by atoms with Crippen LogP contribution in [0.2, 0.25) is 5.02 Å². The van der Waals surface area contributed by atoms with E-state index in [-0.39, 0.29) is 16.3 Å². The molecular weight excluding hydrogens is 225 g/mol. The summed E-state index contributed by atoms with van der Waals surface area (Å²) in [5.41, 5.74) is 6.84. The summed E-state index contributed by atoms with van der Waals surface area (Å²) >= 11 is 5.64. The Bertz CT molecular complexity index is 357. The number of hydrogen-bond acceptors (Lipinski definition) is 1. The molecule has 1 rings (SSSR count). The van der Waals surface area contributed by atoms with Crippen molar-refractivity contribution in [3.63, 3.8) is 0 Å². The summed E-state index contributed by atoms with van der Waals surface area (Å²) in [6, 6.07) is 4.96. The Kier molecular flexibility index (Phi) is 4.34. The van der Waals surface area contributed by atoms with E-state index in [4.69, 9.17) is 17.3 Å². The summed E-state index contributed by atoms with van der Waals surface area (Å²) in [7, 11) is 0. The molecule has 0 aliphatic carbocycles. The lowest BCUT2D eigenvalue weighted by atomic mass is 9.77. The van der Waals surface area contributed by atoms with Crippen LogP contribution in [0.15, 0.2) is 18.2 Å². The molecule has 0 heterocycles. The highest BCUT2D eigenvalue weighted by Crippen LogP contribution is 2.29. The van der Waals surface area contributed by atoms with Crippen molar-refractivity contribution in [1.29, 1.82) is 0 Å². The van der Waals surface area contributed by atoms with Crippen molar-refractivity contribution in [2.24, 2.45) is 17.1 Å². The first-order valence-electron chi connectivity index (χ1n) is 5.48.